The number of nitrogens with zero attached hydrogens (tertiary/aromatic N) is 2. The third-order valence-electron chi connectivity index (χ3n) is 3.86. The molecule has 1 aromatic carbocycles. The highest BCUT2D eigenvalue weighted by molar-refractivity contribution is 9.13. The molecule has 0 aliphatic carbocycles. The van der Waals surface area contributed by atoms with E-state index in [1.807, 2.05) is 30.3 Å². The second kappa shape index (κ2) is 6.49. The zero-order valence-corrected chi connectivity index (χ0v) is 15.2. The Balaban J connectivity index is 1.95. The lowest BCUT2D eigenvalue weighted by Crippen LogP contribution is -2.43. The molecular formula is C16H14Br2N2O3. The number of aromatic nitrogens is 1. The number of carbonyl (C=O) groups excluding carboxylic acids is 1. The summed E-state index contributed by atoms with van der Waals surface area (Å²) in [6, 6.07) is 11.1. The minimum Gasteiger partial charge on any atom is -0.481 e. The van der Waals surface area contributed by atoms with Crippen LogP contribution >= 0.6 is 31.9 Å². The first-order chi connectivity index (χ1) is 11.0. The van der Waals surface area contributed by atoms with Gasteiger partial charge in [-0.05, 0) is 43.5 Å². The molecule has 1 aromatic heterocycles. The third-order valence-corrected chi connectivity index (χ3v) is 5.81. The predicted octanol–water partition coefficient (Wildman–Crippen LogP) is 3.68. The van der Waals surface area contributed by atoms with Crippen LogP contribution in [0.4, 0.5) is 0 Å². The van der Waals surface area contributed by atoms with Crippen molar-refractivity contribution in [3.8, 4) is 0 Å². The van der Waals surface area contributed by atoms with E-state index >= 15 is 0 Å². The molecule has 1 unspecified atom stereocenters. The average molecular weight is 442 g/mol. The van der Waals surface area contributed by atoms with E-state index in [9.17, 15) is 14.7 Å². The summed E-state index contributed by atoms with van der Waals surface area (Å²) < 4.78 is 3.21. The molecule has 0 bridgehead atoms. The summed E-state index contributed by atoms with van der Waals surface area (Å²) in [5.74, 6) is -0.978. The fourth-order valence-electron chi connectivity index (χ4n) is 2.87. The van der Waals surface area contributed by atoms with E-state index in [1.54, 1.807) is 15.5 Å². The van der Waals surface area contributed by atoms with Crippen LogP contribution in [-0.2, 0) is 11.3 Å². The Morgan fingerprint density at radius 2 is 1.96 bits per heavy atom. The Hall–Kier alpha value is -1.60. The number of benzene rings is 1. The number of aliphatic carboxylic acids is 1. The van der Waals surface area contributed by atoms with Crippen molar-refractivity contribution in [2.75, 3.05) is 6.54 Å². The van der Waals surface area contributed by atoms with Crippen LogP contribution in [0.15, 0.2) is 45.5 Å². The van der Waals surface area contributed by atoms with Gasteiger partial charge >= 0.3 is 5.97 Å². The summed E-state index contributed by atoms with van der Waals surface area (Å²) in [4.78, 5) is 25.6. The Labute approximate surface area is 150 Å². The number of rotatable bonds is 4. The first-order valence-corrected chi connectivity index (χ1v) is 8.67. The molecule has 0 saturated carbocycles. The summed E-state index contributed by atoms with van der Waals surface area (Å²) in [7, 11) is 0. The molecule has 0 spiro atoms. The SMILES string of the molecule is O=C(O)CC1CN(Cc2ccccc2)C(=O)c2cc(Br)c(Br)n21. The number of carbonyl (C=O) groups is 2. The maximum absolute atomic E-state index is 12.7. The van der Waals surface area contributed by atoms with Crippen LogP contribution in [0.2, 0.25) is 0 Å². The van der Waals surface area contributed by atoms with Crippen LogP contribution < -0.4 is 0 Å². The number of halogens is 2. The van der Waals surface area contributed by atoms with Crippen molar-refractivity contribution < 1.29 is 14.7 Å². The van der Waals surface area contributed by atoms with Gasteiger partial charge in [0.15, 0.2) is 0 Å². The number of hydrogen-bond acceptors (Lipinski definition) is 2. The van der Waals surface area contributed by atoms with E-state index in [-0.39, 0.29) is 18.4 Å². The molecule has 1 atom stereocenters. The lowest BCUT2D eigenvalue weighted by atomic mass is 10.1. The van der Waals surface area contributed by atoms with Gasteiger partial charge < -0.3 is 14.6 Å². The fraction of sp³-hybridized carbons (Fsp3) is 0.250. The van der Waals surface area contributed by atoms with Gasteiger partial charge in [0.05, 0.1) is 21.5 Å². The van der Waals surface area contributed by atoms with Gasteiger partial charge in [0.1, 0.15) is 5.69 Å². The minimum absolute atomic E-state index is 0.0364. The van der Waals surface area contributed by atoms with Gasteiger partial charge in [-0.3, -0.25) is 9.59 Å². The number of carboxylic acids is 1. The van der Waals surface area contributed by atoms with E-state index in [1.165, 1.54) is 0 Å². The molecule has 2 heterocycles. The first-order valence-electron chi connectivity index (χ1n) is 7.08. The standard InChI is InChI=1S/C16H14Br2N2O3/c17-12-7-13-16(23)19(8-10-4-2-1-3-5-10)9-11(6-14(21)22)20(13)15(12)18/h1-5,7,11H,6,8-9H2,(H,21,22). The second-order valence-corrected chi connectivity index (χ2v) is 7.07. The lowest BCUT2D eigenvalue weighted by Gasteiger charge is -2.34. The van der Waals surface area contributed by atoms with Gasteiger partial charge in [0, 0.05) is 13.1 Å². The van der Waals surface area contributed by atoms with Gasteiger partial charge in [0.2, 0.25) is 0 Å². The molecular weight excluding hydrogens is 428 g/mol. The zero-order chi connectivity index (χ0) is 16.6. The molecule has 1 aliphatic rings. The monoisotopic (exact) mass is 440 g/mol. The molecule has 5 nitrogen and oxygen atoms in total. The minimum atomic E-state index is -0.883. The molecule has 1 amide bonds. The zero-order valence-electron chi connectivity index (χ0n) is 12.1. The fourth-order valence-corrected chi connectivity index (χ4v) is 3.87. The molecule has 23 heavy (non-hydrogen) atoms. The quantitative estimate of drug-likeness (QED) is 0.786. The van der Waals surface area contributed by atoms with E-state index in [4.69, 9.17) is 0 Å². The topological polar surface area (TPSA) is 62.5 Å². The maximum Gasteiger partial charge on any atom is 0.305 e. The third kappa shape index (κ3) is 3.21. The summed E-state index contributed by atoms with van der Waals surface area (Å²) in [6.07, 6.45) is -0.0364. The highest BCUT2D eigenvalue weighted by Crippen LogP contribution is 2.36. The first kappa shape index (κ1) is 16.3. The summed E-state index contributed by atoms with van der Waals surface area (Å²) in [5, 5.41) is 9.19. The average Bonchev–Trinajstić information content (AvgIpc) is 2.81. The van der Waals surface area contributed by atoms with Gasteiger partial charge in [-0.1, -0.05) is 30.3 Å². The highest BCUT2D eigenvalue weighted by Gasteiger charge is 2.34. The van der Waals surface area contributed by atoms with Crippen molar-refractivity contribution >= 4 is 43.7 Å². The van der Waals surface area contributed by atoms with Crippen LogP contribution in [0.3, 0.4) is 0 Å². The summed E-state index contributed by atoms with van der Waals surface area (Å²) in [6.45, 7) is 0.836. The van der Waals surface area contributed by atoms with E-state index in [0.717, 1.165) is 10.0 Å². The molecule has 0 radical (unpaired) electrons. The van der Waals surface area contributed by atoms with Gasteiger partial charge in [-0.25, -0.2) is 0 Å². The molecule has 1 N–H and O–H groups in total. The lowest BCUT2D eigenvalue weighted by molar-refractivity contribution is -0.138. The van der Waals surface area contributed by atoms with Crippen LogP contribution in [0.25, 0.3) is 0 Å². The molecule has 0 saturated heterocycles. The van der Waals surface area contributed by atoms with E-state index in [0.29, 0.717) is 23.4 Å². The summed E-state index contributed by atoms with van der Waals surface area (Å²) >= 11 is 6.83. The largest absolute Gasteiger partial charge is 0.481 e. The van der Waals surface area contributed by atoms with Gasteiger partial charge in [-0.15, -0.1) is 0 Å². The molecule has 1 aliphatic heterocycles. The van der Waals surface area contributed by atoms with E-state index in [2.05, 4.69) is 31.9 Å². The Morgan fingerprint density at radius 1 is 1.26 bits per heavy atom. The van der Waals surface area contributed by atoms with Crippen LogP contribution in [0.1, 0.15) is 28.5 Å². The molecule has 2 aromatic rings. The molecule has 7 heteroatoms. The van der Waals surface area contributed by atoms with Crippen molar-refractivity contribution in [3.63, 3.8) is 0 Å². The van der Waals surface area contributed by atoms with E-state index < -0.39 is 5.97 Å². The van der Waals surface area contributed by atoms with Gasteiger partial charge in [0.25, 0.3) is 5.91 Å². The molecule has 3 rings (SSSR count). The maximum atomic E-state index is 12.7. The Bertz CT molecular complexity index is 758. The smallest absolute Gasteiger partial charge is 0.305 e. The van der Waals surface area contributed by atoms with Crippen molar-refractivity contribution in [1.29, 1.82) is 0 Å². The van der Waals surface area contributed by atoms with Crippen molar-refractivity contribution in [1.82, 2.24) is 9.47 Å². The van der Waals surface area contributed by atoms with Crippen LogP contribution in [0.5, 0.6) is 0 Å². The molecule has 0 fully saturated rings. The van der Waals surface area contributed by atoms with Crippen molar-refractivity contribution in [2.24, 2.45) is 0 Å². The number of hydrogen-bond donors (Lipinski definition) is 1. The number of fused-ring (bicyclic) bond motifs is 1. The van der Waals surface area contributed by atoms with Crippen LogP contribution in [0, 0.1) is 0 Å². The number of carboxylic acid groups (broad SMARTS) is 1. The van der Waals surface area contributed by atoms with Crippen molar-refractivity contribution in [2.45, 2.75) is 19.0 Å². The van der Waals surface area contributed by atoms with Gasteiger partial charge in [-0.2, -0.15) is 0 Å². The normalized spacial score (nSPS) is 17.2. The van der Waals surface area contributed by atoms with Crippen molar-refractivity contribution in [3.05, 3.63) is 56.7 Å². The predicted molar refractivity (Wildman–Crippen MR) is 92.3 cm³/mol. The Kier molecular flexibility index (Phi) is 4.59. The van der Waals surface area contributed by atoms with Crippen LogP contribution in [-0.4, -0.2) is 33.0 Å². The second-order valence-electron chi connectivity index (χ2n) is 5.46. The number of amides is 1. The molecule has 120 valence electrons. The Morgan fingerprint density at radius 3 is 2.61 bits per heavy atom. The summed E-state index contributed by atoms with van der Waals surface area (Å²) in [5.41, 5.74) is 1.52. The highest BCUT2D eigenvalue weighted by atomic mass is 79.9.